The van der Waals surface area contributed by atoms with Crippen LogP contribution in [-0.4, -0.2) is 21.6 Å². The summed E-state index contributed by atoms with van der Waals surface area (Å²) >= 11 is 0. The van der Waals surface area contributed by atoms with Crippen LogP contribution in [0.5, 0.6) is 11.5 Å². The van der Waals surface area contributed by atoms with Crippen molar-refractivity contribution in [1.82, 2.24) is 9.38 Å². The summed E-state index contributed by atoms with van der Waals surface area (Å²) in [6, 6.07) is 18.9. The van der Waals surface area contributed by atoms with Gasteiger partial charge in [-0.15, -0.1) is 0 Å². The Kier molecular flexibility index (Phi) is 3.97. The minimum absolute atomic E-state index is 0.190. The van der Waals surface area contributed by atoms with E-state index < -0.39 is 0 Å². The number of ether oxygens (including phenoxy) is 1. The number of hydrogen-bond acceptors (Lipinski definition) is 4. The number of fused-ring (bicyclic) bond motifs is 1. The number of benzene rings is 2. The van der Waals surface area contributed by atoms with Crippen LogP contribution in [0.3, 0.4) is 0 Å². The number of phenols is 1. The first-order valence-electron chi connectivity index (χ1n) is 8.34. The average molecular weight is 345 g/mol. The predicted octanol–water partition coefficient (Wildman–Crippen LogP) is 4.77. The fraction of sp³-hybridized carbons (Fsp3) is 0.0952. The largest absolute Gasteiger partial charge is 0.507 e. The van der Waals surface area contributed by atoms with Gasteiger partial charge >= 0.3 is 0 Å². The molecule has 4 aromatic rings. The maximum atomic E-state index is 10.3. The Morgan fingerprint density at radius 1 is 1.00 bits per heavy atom. The lowest BCUT2D eigenvalue weighted by Crippen LogP contribution is -1.99. The van der Waals surface area contributed by atoms with Gasteiger partial charge in [-0.1, -0.05) is 30.3 Å². The Balaban J connectivity index is 1.95. The highest BCUT2D eigenvalue weighted by Gasteiger charge is 2.18. The summed E-state index contributed by atoms with van der Waals surface area (Å²) in [6.45, 7) is 2.03. The minimum atomic E-state index is 0.190. The SMILES string of the molecule is COc1ccccc1Nc1c(-c2ccccc2O)nc2ccc(C)cn12. The molecule has 0 saturated heterocycles. The number of aromatic hydroxyl groups is 1. The number of pyridine rings is 1. The van der Waals surface area contributed by atoms with E-state index in [1.807, 2.05) is 66.1 Å². The van der Waals surface area contributed by atoms with Crippen molar-refractivity contribution in [3.63, 3.8) is 0 Å². The van der Waals surface area contributed by atoms with Gasteiger partial charge in [0.2, 0.25) is 0 Å². The third kappa shape index (κ3) is 2.73. The maximum absolute atomic E-state index is 10.3. The molecule has 0 radical (unpaired) electrons. The predicted molar refractivity (Wildman–Crippen MR) is 103 cm³/mol. The molecule has 5 nitrogen and oxygen atoms in total. The highest BCUT2D eigenvalue weighted by Crippen LogP contribution is 2.37. The molecule has 0 aliphatic rings. The number of rotatable bonds is 4. The van der Waals surface area contributed by atoms with Gasteiger partial charge in [0.05, 0.1) is 12.8 Å². The monoisotopic (exact) mass is 345 g/mol. The Morgan fingerprint density at radius 3 is 2.58 bits per heavy atom. The second kappa shape index (κ2) is 6.44. The van der Waals surface area contributed by atoms with Crippen molar-refractivity contribution in [2.24, 2.45) is 0 Å². The van der Waals surface area contributed by atoms with E-state index in [0.29, 0.717) is 11.3 Å². The first kappa shape index (κ1) is 16.0. The van der Waals surface area contributed by atoms with Crippen LogP contribution in [0, 0.1) is 6.92 Å². The third-order valence-electron chi connectivity index (χ3n) is 4.29. The number of methoxy groups -OCH3 is 1. The van der Waals surface area contributed by atoms with Crippen molar-refractivity contribution in [1.29, 1.82) is 0 Å². The quantitative estimate of drug-likeness (QED) is 0.559. The normalized spacial score (nSPS) is 10.8. The van der Waals surface area contributed by atoms with Crippen molar-refractivity contribution >= 4 is 17.2 Å². The molecule has 0 atom stereocenters. The fourth-order valence-electron chi connectivity index (χ4n) is 3.01. The van der Waals surface area contributed by atoms with Gasteiger partial charge in [0.25, 0.3) is 0 Å². The smallest absolute Gasteiger partial charge is 0.143 e. The van der Waals surface area contributed by atoms with Crippen LogP contribution in [0.4, 0.5) is 11.5 Å². The summed E-state index contributed by atoms with van der Waals surface area (Å²) in [7, 11) is 1.64. The molecule has 0 aliphatic carbocycles. The zero-order chi connectivity index (χ0) is 18.1. The molecule has 2 N–H and O–H groups in total. The molecule has 2 aromatic heterocycles. The summed E-state index contributed by atoms with van der Waals surface area (Å²) in [5.41, 5.74) is 4.09. The van der Waals surface area contributed by atoms with Gasteiger partial charge < -0.3 is 15.2 Å². The van der Waals surface area contributed by atoms with E-state index in [0.717, 1.165) is 28.5 Å². The number of phenolic OH excluding ortho intramolecular Hbond substituents is 1. The molecule has 0 saturated carbocycles. The van der Waals surface area contributed by atoms with Gasteiger partial charge in [-0.2, -0.15) is 0 Å². The van der Waals surface area contributed by atoms with E-state index in [2.05, 4.69) is 5.32 Å². The Hall–Kier alpha value is -3.47. The van der Waals surface area contributed by atoms with Crippen LogP contribution >= 0.6 is 0 Å². The van der Waals surface area contributed by atoms with E-state index >= 15 is 0 Å². The van der Waals surface area contributed by atoms with Gasteiger partial charge in [-0.05, 0) is 42.8 Å². The molecule has 130 valence electrons. The van der Waals surface area contributed by atoms with Crippen molar-refractivity contribution in [3.8, 4) is 22.8 Å². The van der Waals surface area contributed by atoms with Crippen LogP contribution in [0.25, 0.3) is 16.9 Å². The van der Waals surface area contributed by atoms with Crippen LogP contribution in [0.2, 0.25) is 0 Å². The zero-order valence-corrected chi connectivity index (χ0v) is 14.6. The average Bonchev–Trinajstić information content (AvgIpc) is 3.00. The molecule has 4 rings (SSSR count). The molecule has 0 bridgehead atoms. The van der Waals surface area contributed by atoms with Crippen molar-refractivity contribution in [2.45, 2.75) is 6.92 Å². The highest BCUT2D eigenvalue weighted by atomic mass is 16.5. The van der Waals surface area contributed by atoms with Crippen molar-refractivity contribution in [2.75, 3.05) is 12.4 Å². The molecule has 0 aliphatic heterocycles. The number of aryl methyl sites for hydroxylation is 1. The van der Waals surface area contributed by atoms with E-state index in [1.54, 1.807) is 19.2 Å². The standard InChI is InChI=1S/C21H19N3O2/c1-14-11-12-19-23-20(15-7-3-5-9-17(15)25)21(24(19)13-14)22-16-8-4-6-10-18(16)26-2/h3-13,22,25H,1-2H3. The second-order valence-electron chi connectivity index (χ2n) is 6.09. The van der Waals surface area contributed by atoms with Crippen molar-refractivity contribution in [3.05, 3.63) is 72.4 Å². The number of aromatic nitrogens is 2. The van der Waals surface area contributed by atoms with E-state index in [-0.39, 0.29) is 5.75 Å². The number of nitrogens with zero attached hydrogens (tertiary/aromatic N) is 2. The van der Waals surface area contributed by atoms with Crippen molar-refractivity contribution < 1.29 is 9.84 Å². The first-order chi connectivity index (χ1) is 12.7. The lowest BCUT2D eigenvalue weighted by atomic mass is 10.1. The topological polar surface area (TPSA) is 58.8 Å². The molecule has 2 heterocycles. The molecule has 5 heteroatoms. The van der Waals surface area contributed by atoms with Crippen LogP contribution in [-0.2, 0) is 0 Å². The molecule has 0 spiro atoms. The Labute approximate surface area is 151 Å². The summed E-state index contributed by atoms with van der Waals surface area (Å²) < 4.78 is 7.45. The van der Waals surface area contributed by atoms with Crippen LogP contribution in [0.15, 0.2) is 66.9 Å². The number of hydrogen-bond donors (Lipinski definition) is 2. The van der Waals surface area contributed by atoms with Gasteiger partial charge in [0.1, 0.15) is 28.7 Å². The van der Waals surface area contributed by atoms with Crippen LogP contribution in [0.1, 0.15) is 5.56 Å². The highest BCUT2D eigenvalue weighted by molar-refractivity contribution is 5.83. The number of para-hydroxylation sites is 3. The Morgan fingerprint density at radius 2 is 1.77 bits per heavy atom. The molecule has 0 fully saturated rings. The zero-order valence-electron chi connectivity index (χ0n) is 14.6. The molecular weight excluding hydrogens is 326 g/mol. The summed E-state index contributed by atoms with van der Waals surface area (Å²) in [6.07, 6.45) is 2.02. The van der Waals surface area contributed by atoms with Gasteiger partial charge in [0.15, 0.2) is 0 Å². The van der Waals surface area contributed by atoms with Gasteiger partial charge in [0, 0.05) is 11.8 Å². The summed E-state index contributed by atoms with van der Waals surface area (Å²) in [5, 5.41) is 13.8. The summed E-state index contributed by atoms with van der Waals surface area (Å²) in [5.74, 6) is 1.70. The molecule has 2 aromatic carbocycles. The van der Waals surface area contributed by atoms with Crippen LogP contribution < -0.4 is 10.1 Å². The molecule has 26 heavy (non-hydrogen) atoms. The van der Waals surface area contributed by atoms with Gasteiger partial charge in [-0.3, -0.25) is 4.40 Å². The van der Waals surface area contributed by atoms with E-state index in [1.165, 1.54) is 0 Å². The third-order valence-corrected chi connectivity index (χ3v) is 4.29. The number of nitrogens with one attached hydrogen (secondary N) is 1. The van der Waals surface area contributed by atoms with Gasteiger partial charge in [-0.25, -0.2) is 4.98 Å². The number of anilines is 2. The second-order valence-corrected chi connectivity index (χ2v) is 6.09. The first-order valence-corrected chi connectivity index (χ1v) is 8.34. The number of imidazole rings is 1. The lowest BCUT2D eigenvalue weighted by molar-refractivity contribution is 0.417. The fourth-order valence-corrected chi connectivity index (χ4v) is 3.01. The summed E-state index contributed by atoms with van der Waals surface area (Å²) in [4.78, 5) is 4.74. The molecule has 0 amide bonds. The maximum Gasteiger partial charge on any atom is 0.143 e. The van der Waals surface area contributed by atoms with E-state index in [9.17, 15) is 5.11 Å². The molecular formula is C21H19N3O2. The van der Waals surface area contributed by atoms with E-state index in [4.69, 9.17) is 9.72 Å². The minimum Gasteiger partial charge on any atom is -0.507 e. The Bertz CT molecular complexity index is 1090. The molecule has 0 unspecified atom stereocenters. The lowest BCUT2D eigenvalue weighted by Gasteiger charge is -2.13.